The highest BCUT2D eigenvalue weighted by Gasteiger charge is 2.42. The van der Waals surface area contributed by atoms with E-state index in [0.29, 0.717) is 38.9 Å². The minimum absolute atomic E-state index is 0.0208. The van der Waals surface area contributed by atoms with Gasteiger partial charge in [0.2, 0.25) is 11.8 Å². The van der Waals surface area contributed by atoms with Crippen molar-refractivity contribution < 1.29 is 18.8 Å². The van der Waals surface area contributed by atoms with Gasteiger partial charge < -0.3 is 15.1 Å². The second-order valence-electron chi connectivity index (χ2n) is 8.17. The topological polar surface area (TPSA) is 69.7 Å². The zero-order chi connectivity index (χ0) is 22.7. The molecule has 2 aliphatic heterocycles. The van der Waals surface area contributed by atoms with Crippen molar-refractivity contribution in [2.45, 2.75) is 44.3 Å². The Kier molecular flexibility index (Phi) is 6.74. The van der Waals surface area contributed by atoms with E-state index in [2.05, 4.69) is 5.32 Å². The van der Waals surface area contributed by atoms with Crippen LogP contribution in [0.15, 0.2) is 48.5 Å². The molecule has 4 rings (SSSR count). The van der Waals surface area contributed by atoms with Gasteiger partial charge in [-0.05, 0) is 49.4 Å². The lowest BCUT2D eigenvalue weighted by Gasteiger charge is -2.31. The van der Waals surface area contributed by atoms with Gasteiger partial charge >= 0.3 is 0 Å². The first-order valence-electron chi connectivity index (χ1n) is 10.8. The highest BCUT2D eigenvalue weighted by atomic mass is 35.5. The van der Waals surface area contributed by atoms with E-state index in [0.717, 1.165) is 18.1 Å². The van der Waals surface area contributed by atoms with Crippen LogP contribution in [0.3, 0.4) is 0 Å². The molecule has 0 spiro atoms. The Balaban J connectivity index is 1.44. The second-order valence-corrected chi connectivity index (χ2v) is 8.58. The number of likely N-dealkylation sites (tertiary alicyclic amines) is 2. The van der Waals surface area contributed by atoms with E-state index in [4.69, 9.17) is 11.6 Å². The first kappa shape index (κ1) is 22.3. The van der Waals surface area contributed by atoms with Crippen LogP contribution in [0, 0.1) is 5.82 Å². The molecule has 32 heavy (non-hydrogen) atoms. The molecule has 2 saturated heterocycles. The molecular formula is C24H25ClFN3O3. The molecule has 1 N–H and O–H groups in total. The van der Waals surface area contributed by atoms with Gasteiger partial charge in [0.05, 0.1) is 10.6 Å². The number of hydrogen-bond donors (Lipinski definition) is 1. The maximum atomic E-state index is 13.4. The number of nitrogens with zero attached hydrogens (tertiary/aromatic N) is 2. The monoisotopic (exact) mass is 457 g/mol. The maximum Gasteiger partial charge on any atom is 0.256 e. The lowest BCUT2D eigenvalue weighted by atomic mass is 10.1. The van der Waals surface area contributed by atoms with Crippen molar-refractivity contribution in [3.05, 3.63) is 70.5 Å². The molecule has 0 unspecified atom stereocenters. The smallest absolute Gasteiger partial charge is 0.256 e. The van der Waals surface area contributed by atoms with E-state index in [1.54, 1.807) is 4.90 Å². The third kappa shape index (κ3) is 4.63. The van der Waals surface area contributed by atoms with Gasteiger partial charge in [0.25, 0.3) is 5.91 Å². The molecule has 2 fully saturated rings. The van der Waals surface area contributed by atoms with Gasteiger partial charge in [0.1, 0.15) is 17.9 Å². The molecule has 2 aromatic rings. The molecule has 2 aliphatic rings. The van der Waals surface area contributed by atoms with Crippen molar-refractivity contribution in [1.29, 1.82) is 0 Å². The first-order valence-corrected chi connectivity index (χ1v) is 11.2. The lowest BCUT2D eigenvalue weighted by Crippen LogP contribution is -2.52. The molecule has 2 heterocycles. The quantitative estimate of drug-likeness (QED) is 0.748. The third-order valence-corrected chi connectivity index (χ3v) is 6.42. The van der Waals surface area contributed by atoms with Gasteiger partial charge in [-0.25, -0.2) is 4.39 Å². The standard InChI is InChI=1S/C24H25ClFN3O3/c25-19-14-17(26)10-11-18(19)23(31)29-13-5-9-21(29)24(32)28-12-4-8-20(28)22(30)27-15-16-6-2-1-3-7-16/h1-3,6-7,10-11,14,20-21H,4-5,8-9,12-13,15H2,(H,27,30)/t20-,21-/m1/s1. The highest BCUT2D eigenvalue weighted by molar-refractivity contribution is 6.33. The summed E-state index contributed by atoms with van der Waals surface area (Å²) in [6, 6.07) is 12.0. The predicted octanol–water partition coefficient (Wildman–Crippen LogP) is 3.39. The van der Waals surface area contributed by atoms with Gasteiger partial charge in [-0.2, -0.15) is 0 Å². The Labute approximate surface area is 191 Å². The lowest BCUT2D eigenvalue weighted by molar-refractivity contribution is -0.141. The molecule has 2 atom stereocenters. The number of carbonyl (C=O) groups is 3. The zero-order valence-corrected chi connectivity index (χ0v) is 18.4. The SMILES string of the molecule is O=C(NCc1ccccc1)[C@H]1CCCN1C(=O)[C@H]1CCCN1C(=O)c1ccc(F)cc1Cl. The van der Waals surface area contributed by atoms with E-state index in [-0.39, 0.29) is 22.4 Å². The number of nitrogens with one attached hydrogen (secondary N) is 1. The van der Waals surface area contributed by atoms with Gasteiger partial charge in [0.15, 0.2) is 0 Å². The Morgan fingerprint density at radius 2 is 1.66 bits per heavy atom. The van der Waals surface area contributed by atoms with Crippen LogP contribution in [-0.2, 0) is 16.1 Å². The molecule has 0 bridgehead atoms. The molecule has 6 nitrogen and oxygen atoms in total. The third-order valence-electron chi connectivity index (χ3n) is 6.11. The molecule has 0 aliphatic carbocycles. The number of hydrogen-bond acceptors (Lipinski definition) is 3. The van der Waals surface area contributed by atoms with Crippen molar-refractivity contribution in [2.75, 3.05) is 13.1 Å². The van der Waals surface area contributed by atoms with E-state index in [1.807, 2.05) is 30.3 Å². The second kappa shape index (κ2) is 9.69. The van der Waals surface area contributed by atoms with Crippen molar-refractivity contribution in [1.82, 2.24) is 15.1 Å². The summed E-state index contributed by atoms with van der Waals surface area (Å²) in [6.07, 6.45) is 2.54. The number of rotatable bonds is 5. The van der Waals surface area contributed by atoms with Crippen LogP contribution in [0.5, 0.6) is 0 Å². The minimum Gasteiger partial charge on any atom is -0.350 e. The van der Waals surface area contributed by atoms with E-state index < -0.39 is 23.8 Å². The van der Waals surface area contributed by atoms with Crippen molar-refractivity contribution in [3.63, 3.8) is 0 Å². The zero-order valence-electron chi connectivity index (χ0n) is 17.6. The van der Waals surface area contributed by atoms with Crippen LogP contribution < -0.4 is 5.32 Å². The van der Waals surface area contributed by atoms with Crippen LogP contribution >= 0.6 is 11.6 Å². The van der Waals surface area contributed by atoms with Crippen LogP contribution in [0.4, 0.5) is 4.39 Å². The molecule has 0 aromatic heterocycles. The normalized spacial score (nSPS) is 20.4. The summed E-state index contributed by atoms with van der Waals surface area (Å²) in [6.45, 7) is 1.30. The summed E-state index contributed by atoms with van der Waals surface area (Å²) in [4.78, 5) is 42.4. The van der Waals surface area contributed by atoms with E-state index >= 15 is 0 Å². The summed E-state index contributed by atoms with van der Waals surface area (Å²) in [5, 5.41) is 2.94. The number of amides is 3. The highest BCUT2D eigenvalue weighted by Crippen LogP contribution is 2.28. The first-order chi connectivity index (χ1) is 15.5. The molecule has 168 valence electrons. The summed E-state index contributed by atoms with van der Waals surface area (Å²) in [5.74, 6) is -1.32. The Morgan fingerprint density at radius 3 is 2.38 bits per heavy atom. The van der Waals surface area contributed by atoms with Gasteiger partial charge in [-0.3, -0.25) is 14.4 Å². The Morgan fingerprint density at radius 1 is 0.969 bits per heavy atom. The van der Waals surface area contributed by atoms with Crippen molar-refractivity contribution >= 4 is 29.3 Å². The van der Waals surface area contributed by atoms with E-state index in [9.17, 15) is 18.8 Å². The fourth-order valence-corrected chi connectivity index (χ4v) is 4.73. The fraction of sp³-hybridized carbons (Fsp3) is 0.375. The van der Waals surface area contributed by atoms with Gasteiger partial charge in [-0.15, -0.1) is 0 Å². The minimum atomic E-state index is -0.647. The number of halogens is 2. The summed E-state index contributed by atoms with van der Waals surface area (Å²) in [5.41, 5.74) is 1.16. The summed E-state index contributed by atoms with van der Waals surface area (Å²) in [7, 11) is 0. The summed E-state index contributed by atoms with van der Waals surface area (Å²) < 4.78 is 13.4. The number of carbonyl (C=O) groups excluding carboxylic acids is 3. The molecule has 8 heteroatoms. The van der Waals surface area contributed by atoms with E-state index in [1.165, 1.54) is 17.0 Å². The fourth-order valence-electron chi connectivity index (χ4n) is 4.48. The van der Waals surface area contributed by atoms with Crippen LogP contribution in [-0.4, -0.2) is 52.7 Å². The Bertz CT molecular complexity index is 1020. The average Bonchev–Trinajstić information content (AvgIpc) is 3.47. The molecule has 0 saturated carbocycles. The summed E-state index contributed by atoms with van der Waals surface area (Å²) >= 11 is 6.07. The van der Waals surface area contributed by atoms with Crippen molar-refractivity contribution in [3.8, 4) is 0 Å². The number of benzene rings is 2. The largest absolute Gasteiger partial charge is 0.350 e. The van der Waals surface area contributed by atoms with Gasteiger partial charge in [-0.1, -0.05) is 41.9 Å². The predicted molar refractivity (Wildman–Crippen MR) is 118 cm³/mol. The Hall–Kier alpha value is -2.93. The van der Waals surface area contributed by atoms with Crippen LogP contribution in [0.25, 0.3) is 0 Å². The van der Waals surface area contributed by atoms with Crippen LogP contribution in [0.1, 0.15) is 41.6 Å². The maximum absolute atomic E-state index is 13.4. The van der Waals surface area contributed by atoms with Gasteiger partial charge in [0, 0.05) is 19.6 Å². The molecular weight excluding hydrogens is 433 g/mol. The van der Waals surface area contributed by atoms with Crippen molar-refractivity contribution in [2.24, 2.45) is 0 Å². The molecule has 3 amide bonds. The molecule has 0 radical (unpaired) electrons. The molecule has 2 aromatic carbocycles. The van der Waals surface area contributed by atoms with Crippen LogP contribution in [0.2, 0.25) is 5.02 Å². The average molecular weight is 458 g/mol.